The fourth-order valence-corrected chi connectivity index (χ4v) is 7.59. The van der Waals surface area contributed by atoms with Crippen LogP contribution in [0, 0.1) is 0 Å². The van der Waals surface area contributed by atoms with E-state index in [2.05, 4.69) is 18.0 Å². The molecule has 328 valence electrons. The molecule has 1 heterocycles. The highest BCUT2D eigenvalue weighted by molar-refractivity contribution is 7.80. The second-order valence-electron chi connectivity index (χ2n) is 15.7. The quantitative estimate of drug-likeness (QED) is 0.0264. The van der Waals surface area contributed by atoms with Crippen molar-refractivity contribution in [3.63, 3.8) is 0 Å². The smallest absolute Gasteiger partial charge is 0.397 e. The Morgan fingerprint density at radius 2 is 1.04 bits per heavy atom. The third kappa shape index (κ3) is 29.0. The summed E-state index contributed by atoms with van der Waals surface area (Å²) in [5.41, 5.74) is 0. The van der Waals surface area contributed by atoms with Gasteiger partial charge in [0.05, 0.1) is 19.8 Å². The molecule has 1 aliphatic rings. The summed E-state index contributed by atoms with van der Waals surface area (Å²) in [6.07, 6.45) is 26.4. The molecule has 0 aliphatic carbocycles. The molecule has 1 fully saturated rings. The molecule has 1 aliphatic heterocycles. The van der Waals surface area contributed by atoms with E-state index in [0.717, 1.165) is 44.9 Å². The maximum absolute atomic E-state index is 12.6. The van der Waals surface area contributed by atoms with E-state index in [4.69, 9.17) is 23.5 Å². The predicted molar refractivity (Wildman–Crippen MR) is 216 cm³/mol. The highest BCUT2D eigenvalue weighted by Crippen LogP contribution is 2.26. The maximum Gasteiger partial charge on any atom is 0.397 e. The lowest BCUT2D eigenvalue weighted by molar-refractivity contribution is -0.301. The van der Waals surface area contributed by atoms with E-state index < -0.39 is 59.8 Å². The van der Waals surface area contributed by atoms with Gasteiger partial charge in [-0.15, -0.1) is 0 Å². The Morgan fingerprint density at radius 3 is 1.45 bits per heavy atom. The molecule has 0 bridgehead atoms. The number of hydrogen-bond donors (Lipinski definition) is 4. The summed E-state index contributed by atoms with van der Waals surface area (Å²) in [5.74, 6) is -0.408. The number of aliphatic hydroxyl groups excluding tert-OH is 3. The summed E-state index contributed by atoms with van der Waals surface area (Å²) in [6.45, 7) is 3.92. The van der Waals surface area contributed by atoms with E-state index in [1.165, 1.54) is 128 Å². The van der Waals surface area contributed by atoms with E-state index in [1.807, 2.05) is 0 Å². The average molecular weight is 811 g/mol. The molecule has 0 aromatic rings. The number of carbonyl (C=O) groups is 1. The minimum atomic E-state index is -5.05. The van der Waals surface area contributed by atoms with Crippen LogP contribution in [-0.2, 0) is 38.3 Å². The molecular formula is C42H82O12S. The molecule has 1 saturated heterocycles. The molecule has 55 heavy (non-hydrogen) atoms. The van der Waals surface area contributed by atoms with Crippen LogP contribution >= 0.6 is 0 Å². The minimum absolute atomic E-state index is 0.0424. The van der Waals surface area contributed by atoms with E-state index in [0.29, 0.717) is 13.0 Å². The van der Waals surface area contributed by atoms with Crippen LogP contribution in [0.2, 0.25) is 0 Å². The molecule has 12 nitrogen and oxygen atoms in total. The number of hydrogen-bond acceptors (Lipinski definition) is 11. The molecule has 6 unspecified atom stereocenters. The van der Waals surface area contributed by atoms with Crippen molar-refractivity contribution in [3.8, 4) is 0 Å². The van der Waals surface area contributed by atoms with Crippen molar-refractivity contribution in [1.29, 1.82) is 0 Å². The molecule has 0 saturated carbocycles. The Kier molecular flexibility index (Phi) is 33.2. The van der Waals surface area contributed by atoms with Crippen molar-refractivity contribution in [1.82, 2.24) is 0 Å². The van der Waals surface area contributed by atoms with Crippen molar-refractivity contribution in [3.05, 3.63) is 0 Å². The number of ether oxygens (including phenoxy) is 4. The molecule has 0 radical (unpaired) electrons. The van der Waals surface area contributed by atoms with E-state index >= 15 is 0 Å². The monoisotopic (exact) mass is 811 g/mol. The van der Waals surface area contributed by atoms with Crippen LogP contribution < -0.4 is 0 Å². The van der Waals surface area contributed by atoms with Gasteiger partial charge in [0.2, 0.25) is 0 Å². The molecule has 0 aromatic carbocycles. The molecule has 0 aromatic heterocycles. The molecule has 0 amide bonds. The molecule has 1 rings (SSSR count). The lowest BCUT2D eigenvalue weighted by atomic mass is 9.99. The topological polar surface area (TPSA) is 178 Å². The van der Waals surface area contributed by atoms with Gasteiger partial charge >= 0.3 is 16.4 Å². The maximum atomic E-state index is 12.6. The van der Waals surface area contributed by atoms with Gasteiger partial charge in [0.15, 0.2) is 6.29 Å². The summed E-state index contributed by atoms with van der Waals surface area (Å²) in [7, 11) is -5.05. The first kappa shape index (κ1) is 52.1. The van der Waals surface area contributed by atoms with Crippen LogP contribution in [0.15, 0.2) is 0 Å². The molecule has 4 N–H and O–H groups in total. The third-order valence-corrected chi connectivity index (χ3v) is 10.9. The van der Waals surface area contributed by atoms with Gasteiger partial charge in [-0.2, -0.15) is 8.42 Å². The number of rotatable bonds is 39. The highest BCUT2D eigenvalue weighted by Gasteiger charge is 2.48. The summed E-state index contributed by atoms with van der Waals surface area (Å²) in [6, 6.07) is 0. The van der Waals surface area contributed by atoms with Gasteiger partial charge in [-0.1, -0.05) is 181 Å². The lowest BCUT2D eigenvalue weighted by Crippen LogP contribution is -2.60. The minimum Gasteiger partial charge on any atom is -0.457 e. The zero-order valence-corrected chi connectivity index (χ0v) is 35.6. The third-order valence-electron chi connectivity index (χ3n) is 10.5. The van der Waals surface area contributed by atoms with Crippen LogP contribution in [0.25, 0.3) is 0 Å². The summed E-state index contributed by atoms with van der Waals surface area (Å²) in [5, 5.41) is 30.5. The van der Waals surface area contributed by atoms with E-state index in [1.54, 1.807) is 0 Å². The zero-order valence-electron chi connectivity index (χ0n) is 34.8. The summed E-state index contributed by atoms with van der Waals surface area (Å²) < 4.78 is 58.7. The summed E-state index contributed by atoms with van der Waals surface area (Å²) in [4.78, 5) is 12.6. The number of esters is 1. The predicted octanol–water partition coefficient (Wildman–Crippen LogP) is 8.91. The Labute approximate surface area is 335 Å². The Hall–Kier alpha value is -0.900. The average Bonchev–Trinajstić information content (AvgIpc) is 3.15. The van der Waals surface area contributed by atoms with Gasteiger partial charge in [-0.3, -0.25) is 9.35 Å². The number of carbonyl (C=O) groups excluding carboxylic acids is 1. The first-order valence-electron chi connectivity index (χ1n) is 22.3. The number of unbranched alkanes of at least 4 members (excludes halogenated alkanes) is 26. The normalized spacial score (nSPS) is 20.9. The van der Waals surface area contributed by atoms with Crippen LogP contribution in [0.5, 0.6) is 0 Å². The lowest BCUT2D eigenvalue weighted by Gasteiger charge is -2.41. The Balaban J connectivity index is 2.22. The van der Waals surface area contributed by atoms with Gasteiger partial charge in [-0.05, 0) is 12.8 Å². The van der Waals surface area contributed by atoms with Gasteiger partial charge in [-0.25, -0.2) is 4.18 Å². The van der Waals surface area contributed by atoms with Crippen LogP contribution in [0.1, 0.15) is 200 Å². The van der Waals surface area contributed by atoms with Crippen molar-refractivity contribution < 1.29 is 56.2 Å². The highest BCUT2D eigenvalue weighted by atomic mass is 32.3. The van der Waals surface area contributed by atoms with E-state index in [-0.39, 0.29) is 19.6 Å². The molecule has 13 heteroatoms. The molecular weight excluding hydrogens is 729 g/mol. The summed E-state index contributed by atoms with van der Waals surface area (Å²) >= 11 is 0. The first-order chi connectivity index (χ1) is 26.6. The fourth-order valence-electron chi connectivity index (χ4n) is 7.09. The van der Waals surface area contributed by atoms with Crippen LogP contribution in [0.4, 0.5) is 0 Å². The standard InChI is InChI=1S/C42H82O12S/c1-3-5-7-9-10-11-12-13-14-15-16-17-18-19-20-21-22-23-24-25-26-28-30-32-50-34-36(52-38(44)31-29-27-8-6-4-2)35-51-42-40(46)41(54-55(47,48)49)39(45)37(33-43)53-42/h36-37,39-43,45-46H,3-35H2,1-2H3,(H,47,48,49). The largest absolute Gasteiger partial charge is 0.457 e. The van der Waals surface area contributed by atoms with Crippen LogP contribution in [0.3, 0.4) is 0 Å². The van der Waals surface area contributed by atoms with Crippen molar-refractivity contribution in [2.75, 3.05) is 26.4 Å². The molecule has 6 atom stereocenters. The Bertz CT molecular complexity index is 984. The second-order valence-corrected chi connectivity index (χ2v) is 16.7. The SMILES string of the molecule is CCCCCCCCCCCCCCCCCCCCCCCCCOCC(COC1OC(CO)C(O)C(OS(=O)(=O)O)C1O)OC(=O)CCCCCCC. The zero-order chi connectivity index (χ0) is 40.4. The Morgan fingerprint density at radius 1 is 0.618 bits per heavy atom. The van der Waals surface area contributed by atoms with Gasteiger partial charge in [0.25, 0.3) is 0 Å². The molecule has 0 spiro atoms. The van der Waals surface area contributed by atoms with Crippen molar-refractivity contribution in [2.45, 2.75) is 237 Å². The first-order valence-corrected chi connectivity index (χ1v) is 23.7. The second kappa shape index (κ2) is 35.1. The van der Waals surface area contributed by atoms with Gasteiger partial charge < -0.3 is 34.3 Å². The van der Waals surface area contributed by atoms with Gasteiger partial charge in [0.1, 0.15) is 30.5 Å². The van der Waals surface area contributed by atoms with Gasteiger partial charge in [0, 0.05) is 13.0 Å². The van der Waals surface area contributed by atoms with Crippen molar-refractivity contribution in [2.24, 2.45) is 0 Å². The van der Waals surface area contributed by atoms with Crippen molar-refractivity contribution >= 4 is 16.4 Å². The van der Waals surface area contributed by atoms with Crippen LogP contribution in [-0.4, -0.2) is 97.5 Å². The number of aliphatic hydroxyl groups is 3. The van der Waals surface area contributed by atoms with E-state index in [9.17, 15) is 28.5 Å². The fraction of sp³-hybridized carbons (Fsp3) is 0.976.